The summed E-state index contributed by atoms with van der Waals surface area (Å²) in [5.41, 5.74) is 5.50. The average molecular weight is 571 g/mol. The van der Waals surface area contributed by atoms with E-state index in [1.165, 1.54) is 5.57 Å². The molecule has 4 aliphatic rings. The SMILES string of the molecule is C=C1C[C@H]2C=Nc3cc(OCCCCCOc4cc5c(cc4OC)C(=O)N4CC(=C)C[C@H]4C=N5)c(OC)cc3CN2C1. The van der Waals surface area contributed by atoms with Gasteiger partial charge in [0.1, 0.15) is 0 Å². The van der Waals surface area contributed by atoms with E-state index in [-0.39, 0.29) is 11.9 Å². The molecule has 42 heavy (non-hydrogen) atoms. The second kappa shape index (κ2) is 12.0. The molecule has 0 aromatic heterocycles. The van der Waals surface area contributed by atoms with Crippen LogP contribution in [0.1, 0.15) is 48.0 Å². The second-order valence-electron chi connectivity index (χ2n) is 11.3. The minimum atomic E-state index is -0.0551. The van der Waals surface area contributed by atoms with Crippen LogP contribution in [-0.2, 0) is 6.54 Å². The second-order valence-corrected chi connectivity index (χ2v) is 11.3. The van der Waals surface area contributed by atoms with Crippen molar-refractivity contribution in [3.05, 3.63) is 59.7 Å². The van der Waals surface area contributed by atoms with E-state index in [0.717, 1.165) is 67.8 Å². The molecule has 4 aliphatic heterocycles. The molecule has 0 unspecified atom stereocenters. The Morgan fingerprint density at radius 3 is 2.12 bits per heavy atom. The zero-order valence-corrected chi connectivity index (χ0v) is 24.4. The number of nitrogens with zero attached hydrogens (tertiary/aromatic N) is 4. The Morgan fingerprint density at radius 1 is 0.762 bits per heavy atom. The Balaban J connectivity index is 1.01. The fourth-order valence-electron chi connectivity index (χ4n) is 6.06. The summed E-state index contributed by atoms with van der Waals surface area (Å²) in [5.74, 6) is 2.50. The summed E-state index contributed by atoms with van der Waals surface area (Å²) in [5, 5.41) is 0. The third-order valence-corrected chi connectivity index (χ3v) is 8.27. The first kappa shape index (κ1) is 28.0. The number of rotatable bonds is 10. The molecule has 0 saturated carbocycles. The Bertz CT molecular complexity index is 1460. The zero-order valence-electron chi connectivity index (χ0n) is 24.4. The highest BCUT2D eigenvalue weighted by Gasteiger charge is 2.34. The lowest BCUT2D eigenvalue weighted by Crippen LogP contribution is -2.35. The highest BCUT2D eigenvalue weighted by atomic mass is 16.5. The van der Waals surface area contributed by atoms with Crippen molar-refractivity contribution in [3.63, 3.8) is 0 Å². The standard InChI is InChI=1S/C33H38N4O5/c1-21-10-24-16-34-27-14-31(29(39-3)12-23(27)20-36(24)18-21)41-8-6-5-7-9-42-32-15-28-26(13-30(32)40-4)33(38)37-19-22(2)11-25(37)17-35-28/h12-17,24-25H,1-2,5-11,18-20H2,3-4H3/t24-,25-/m0/s1. The minimum Gasteiger partial charge on any atom is -0.493 e. The van der Waals surface area contributed by atoms with E-state index in [1.54, 1.807) is 26.4 Å². The first-order valence-corrected chi connectivity index (χ1v) is 14.6. The summed E-state index contributed by atoms with van der Waals surface area (Å²) in [6.45, 7) is 11.6. The summed E-state index contributed by atoms with van der Waals surface area (Å²) in [6.07, 6.45) is 8.22. The highest BCUT2D eigenvalue weighted by Crippen LogP contribution is 2.40. The van der Waals surface area contributed by atoms with E-state index in [1.807, 2.05) is 29.5 Å². The van der Waals surface area contributed by atoms with Crippen molar-refractivity contribution in [2.24, 2.45) is 9.98 Å². The lowest BCUT2D eigenvalue weighted by atomic mass is 10.1. The van der Waals surface area contributed by atoms with E-state index in [0.29, 0.717) is 54.3 Å². The van der Waals surface area contributed by atoms with Crippen LogP contribution in [0, 0.1) is 0 Å². The molecule has 9 nitrogen and oxygen atoms in total. The maximum atomic E-state index is 13.2. The predicted octanol–water partition coefficient (Wildman–Crippen LogP) is 5.66. The normalized spacial score (nSPS) is 20.9. The predicted molar refractivity (Wildman–Crippen MR) is 164 cm³/mol. The van der Waals surface area contributed by atoms with Gasteiger partial charge in [0.15, 0.2) is 23.0 Å². The molecule has 2 aromatic rings. The third kappa shape index (κ3) is 5.66. The Kier molecular flexibility index (Phi) is 8.02. The van der Waals surface area contributed by atoms with Gasteiger partial charge in [0.25, 0.3) is 5.91 Å². The van der Waals surface area contributed by atoms with Crippen LogP contribution in [0.15, 0.2) is 58.6 Å². The molecular weight excluding hydrogens is 532 g/mol. The van der Waals surface area contributed by atoms with E-state index in [4.69, 9.17) is 23.9 Å². The molecule has 6 rings (SSSR count). The highest BCUT2D eigenvalue weighted by molar-refractivity contribution is 6.03. The van der Waals surface area contributed by atoms with Crippen LogP contribution >= 0.6 is 0 Å². The molecule has 1 amide bonds. The number of methoxy groups -OCH3 is 2. The Hall–Kier alpha value is -4.11. The number of aliphatic imine (C=N–C) groups is 2. The van der Waals surface area contributed by atoms with Crippen molar-refractivity contribution in [1.82, 2.24) is 9.80 Å². The van der Waals surface area contributed by atoms with Crippen LogP contribution < -0.4 is 18.9 Å². The van der Waals surface area contributed by atoms with Gasteiger partial charge < -0.3 is 23.8 Å². The largest absolute Gasteiger partial charge is 0.493 e. The molecule has 4 heterocycles. The van der Waals surface area contributed by atoms with Crippen molar-refractivity contribution in [2.45, 2.75) is 50.7 Å². The van der Waals surface area contributed by atoms with Crippen LogP contribution in [0.25, 0.3) is 0 Å². The summed E-state index contributed by atoms with van der Waals surface area (Å²) in [7, 11) is 3.25. The van der Waals surface area contributed by atoms with E-state index in [9.17, 15) is 4.79 Å². The molecule has 9 heteroatoms. The molecule has 2 atom stereocenters. The summed E-state index contributed by atoms with van der Waals surface area (Å²) in [6, 6.07) is 7.83. The van der Waals surface area contributed by atoms with Crippen molar-refractivity contribution >= 4 is 29.7 Å². The molecule has 0 radical (unpaired) electrons. The van der Waals surface area contributed by atoms with Crippen LogP contribution in [-0.4, -0.2) is 80.7 Å². The lowest BCUT2D eigenvalue weighted by molar-refractivity contribution is 0.0777. The fourth-order valence-corrected chi connectivity index (χ4v) is 6.06. The lowest BCUT2D eigenvalue weighted by Gasteiger charge is -2.20. The first-order chi connectivity index (χ1) is 20.4. The summed E-state index contributed by atoms with van der Waals surface area (Å²) in [4.78, 5) is 26.7. The molecule has 0 aliphatic carbocycles. The first-order valence-electron chi connectivity index (χ1n) is 14.6. The van der Waals surface area contributed by atoms with E-state index < -0.39 is 0 Å². The van der Waals surface area contributed by atoms with Gasteiger partial charge in [0.2, 0.25) is 0 Å². The molecule has 2 fully saturated rings. The number of amides is 1. The van der Waals surface area contributed by atoms with Crippen LogP contribution in [0.2, 0.25) is 0 Å². The minimum absolute atomic E-state index is 0.0490. The van der Waals surface area contributed by atoms with Crippen LogP contribution in [0.3, 0.4) is 0 Å². The molecule has 2 saturated heterocycles. The number of hydrogen-bond acceptors (Lipinski definition) is 8. The van der Waals surface area contributed by atoms with Gasteiger partial charge in [-0.25, -0.2) is 0 Å². The fraction of sp³-hybridized carbons (Fsp3) is 0.424. The van der Waals surface area contributed by atoms with Crippen molar-refractivity contribution in [2.75, 3.05) is 40.5 Å². The topological polar surface area (TPSA) is 85.2 Å². The Labute approximate surface area is 247 Å². The van der Waals surface area contributed by atoms with Gasteiger partial charge >= 0.3 is 0 Å². The molecule has 0 N–H and O–H groups in total. The number of ether oxygens (including phenoxy) is 4. The van der Waals surface area contributed by atoms with Crippen molar-refractivity contribution in [1.29, 1.82) is 0 Å². The smallest absolute Gasteiger partial charge is 0.257 e. The third-order valence-electron chi connectivity index (χ3n) is 8.27. The summed E-state index contributed by atoms with van der Waals surface area (Å²) >= 11 is 0. The van der Waals surface area contributed by atoms with Crippen molar-refractivity contribution < 1.29 is 23.7 Å². The van der Waals surface area contributed by atoms with Crippen LogP contribution in [0.5, 0.6) is 23.0 Å². The van der Waals surface area contributed by atoms with Gasteiger partial charge in [-0.3, -0.25) is 19.7 Å². The van der Waals surface area contributed by atoms with E-state index in [2.05, 4.69) is 23.1 Å². The van der Waals surface area contributed by atoms with E-state index >= 15 is 0 Å². The van der Waals surface area contributed by atoms with Gasteiger partial charge in [0, 0.05) is 50.2 Å². The molecule has 2 aromatic carbocycles. The van der Waals surface area contributed by atoms with Gasteiger partial charge in [-0.2, -0.15) is 0 Å². The maximum absolute atomic E-state index is 13.2. The number of unbranched alkanes of at least 4 members (excludes halogenated alkanes) is 2. The van der Waals surface area contributed by atoms with Gasteiger partial charge in [0.05, 0.1) is 50.4 Å². The van der Waals surface area contributed by atoms with Gasteiger partial charge in [-0.1, -0.05) is 24.3 Å². The number of fused-ring (bicyclic) bond motifs is 4. The van der Waals surface area contributed by atoms with Crippen LogP contribution in [0.4, 0.5) is 11.4 Å². The summed E-state index contributed by atoms with van der Waals surface area (Å²) < 4.78 is 23.4. The molecule has 0 spiro atoms. The maximum Gasteiger partial charge on any atom is 0.257 e. The van der Waals surface area contributed by atoms with Gasteiger partial charge in [-0.15, -0.1) is 0 Å². The molecule has 0 bridgehead atoms. The number of benzene rings is 2. The molecule has 220 valence electrons. The molecular formula is C33H38N4O5. The Morgan fingerprint density at radius 2 is 1.38 bits per heavy atom. The monoisotopic (exact) mass is 570 g/mol. The zero-order chi connectivity index (χ0) is 29.2. The average Bonchev–Trinajstić information content (AvgIpc) is 3.46. The number of carbonyl (C=O) groups is 1. The number of carbonyl (C=O) groups excluding carboxylic acids is 1. The van der Waals surface area contributed by atoms with Crippen molar-refractivity contribution in [3.8, 4) is 23.0 Å². The number of hydrogen-bond donors (Lipinski definition) is 0. The quantitative estimate of drug-likeness (QED) is 0.271. The van der Waals surface area contributed by atoms with Gasteiger partial charge in [-0.05, 0) is 49.8 Å².